The molecule has 8 nitrogen and oxygen atoms in total. The van der Waals surface area contributed by atoms with Gasteiger partial charge in [0.25, 0.3) is 0 Å². The zero-order chi connectivity index (χ0) is 15.1. The van der Waals surface area contributed by atoms with Gasteiger partial charge in [-0.2, -0.15) is 0 Å². The van der Waals surface area contributed by atoms with Gasteiger partial charge in [-0.3, -0.25) is 10.1 Å². The number of rotatable bonds is 7. The molecule has 0 bridgehead atoms. The van der Waals surface area contributed by atoms with Crippen LogP contribution in [0.5, 0.6) is 0 Å². The Morgan fingerprint density at radius 1 is 1.60 bits per heavy atom. The lowest BCUT2D eigenvalue weighted by Gasteiger charge is -2.12. The van der Waals surface area contributed by atoms with Crippen molar-refractivity contribution < 1.29 is 19.6 Å². The predicted molar refractivity (Wildman–Crippen MR) is 71.6 cm³/mol. The number of hydrogen-bond acceptors (Lipinski definition) is 7. The van der Waals surface area contributed by atoms with Crippen molar-refractivity contribution in [3.05, 3.63) is 27.9 Å². The molecule has 1 rings (SSSR count). The quantitative estimate of drug-likeness (QED) is 0.439. The van der Waals surface area contributed by atoms with E-state index in [2.05, 4.69) is 15.0 Å². The molecular weight excluding hydrogens is 266 g/mol. The van der Waals surface area contributed by atoms with Gasteiger partial charge in [-0.25, -0.2) is 9.78 Å². The minimum absolute atomic E-state index is 0.00425. The number of carbonyl (C=O) groups is 1. The Hall–Kier alpha value is -2.22. The lowest BCUT2D eigenvalue weighted by atomic mass is 10.1. The molecule has 0 saturated heterocycles. The molecule has 0 aromatic carbocycles. The average Bonchev–Trinajstić information content (AvgIpc) is 2.44. The Balaban J connectivity index is 2.94. The largest absolute Gasteiger partial charge is 0.464 e. The summed E-state index contributed by atoms with van der Waals surface area (Å²) in [6.45, 7) is 2.33. The SMILES string of the molecule is COC(=O)c1ccc([N+](=O)[O-])c(NCC(C)CCO)n1. The normalized spacial score (nSPS) is 11.8. The van der Waals surface area contributed by atoms with Crippen LogP contribution in [0.4, 0.5) is 11.5 Å². The number of nitro groups is 1. The molecule has 1 heterocycles. The van der Waals surface area contributed by atoms with E-state index in [0.717, 1.165) is 0 Å². The number of nitrogens with zero attached hydrogens (tertiary/aromatic N) is 2. The fraction of sp³-hybridized carbons (Fsp3) is 0.500. The molecule has 20 heavy (non-hydrogen) atoms. The third kappa shape index (κ3) is 4.16. The number of aromatic nitrogens is 1. The van der Waals surface area contributed by atoms with Crippen molar-refractivity contribution in [2.45, 2.75) is 13.3 Å². The van der Waals surface area contributed by atoms with Crippen LogP contribution in [0.1, 0.15) is 23.8 Å². The lowest BCUT2D eigenvalue weighted by molar-refractivity contribution is -0.384. The number of aliphatic hydroxyl groups excluding tert-OH is 1. The fourth-order valence-corrected chi connectivity index (χ4v) is 1.54. The summed E-state index contributed by atoms with van der Waals surface area (Å²) in [5.74, 6) is -0.530. The summed E-state index contributed by atoms with van der Waals surface area (Å²) in [6.07, 6.45) is 0.567. The molecule has 0 amide bonds. The molecule has 1 aromatic heterocycles. The van der Waals surface area contributed by atoms with Gasteiger partial charge < -0.3 is 15.2 Å². The van der Waals surface area contributed by atoms with Crippen molar-refractivity contribution in [2.75, 3.05) is 25.6 Å². The molecular formula is C12H17N3O5. The van der Waals surface area contributed by atoms with Crippen LogP contribution in [0.3, 0.4) is 0 Å². The van der Waals surface area contributed by atoms with E-state index in [4.69, 9.17) is 5.11 Å². The first-order valence-corrected chi connectivity index (χ1v) is 6.08. The standard InChI is InChI=1S/C12H17N3O5/c1-8(5-6-16)7-13-11-10(15(18)19)4-3-9(14-11)12(17)20-2/h3-4,8,16H,5-7H2,1-2H3,(H,13,14). The smallest absolute Gasteiger partial charge is 0.356 e. The summed E-state index contributed by atoms with van der Waals surface area (Å²) in [5, 5.41) is 22.6. The number of esters is 1. The highest BCUT2D eigenvalue weighted by molar-refractivity contribution is 5.88. The van der Waals surface area contributed by atoms with E-state index in [1.807, 2.05) is 6.92 Å². The maximum Gasteiger partial charge on any atom is 0.356 e. The number of ether oxygens (including phenoxy) is 1. The van der Waals surface area contributed by atoms with Crippen molar-refractivity contribution in [1.82, 2.24) is 4.98 Å². The average molecular weight is 283 g/mol. The molecule has 0 spiro atoms. The second-order valence-electron chi connectivity index (χ2n) is 4.31. The van der Waals surface area contributed by atoms with Gasteiger partial charge in [0.2, 0.25) is 5.82 Å². The van der Waals surface area contributed by atoms with Gasteiger partial charge in [0.1, 0.15) is 0 Å². The van der Waals surface area contributed by atoms with Crippen LogP contribution >= 0.6 is 0 Å². The van der Waals surface area contributed by atoms with Crippen molar-refractivity contribution in [3.8, 4) is 0 Å². The van der Waals surface area contributed by atoms with Crippen LogP contribution in [0.15, 0.2) is 12.1 Å². The minimum Gasteiger partial charge on any atom is -0.464 e. The van der Waals surface area contributed by atoms with Crippen LogP contribution in [0.25, 0.3) is 0 Å². The fourth-order valence-electron chi connectivity index (χ4n) is 1.54. The summed E-state index contributed by atoms with van der Waals surface area (Å²) in [4.78, 5) is 25.6. The molecule has 0 fully saturated rings. The Morgan fingerprint density at radius 2 is 2.30 bits per heavy atom. The molecule has 1 atom stereocenters. The molecule has 0 aliphatic carbocycles. The number of anilines is 1. The van der Waals surface area contributed by atoms with Crippen LogP contribution < -0.4 is 5.32 Å². The molecule has 0 aliphatic rings. The summed E-state index contributed by atoms with van der Waals surface area (Å²) >= 11 is 0. The number of nitrogens with one attached hydrogen (secondary N) is 1. The van der Waals surface area contributed by atoms with Crippen LogP contribution in [0, 0.1) is 16.0 Å². The Morgan fingerprint density at radius 3 is 2.85 bits per heavy atom. The van der Waals surface area contributed by atoms with E-state index in [1.54, 1.807) is 0 Å². The Kier molecular flexibility index (Phi) is 5.85. The van der Waals surface area contributed by atoms with Crippen LogP contribution in [-0.4, -0.2) is 41.2 Å². The minimum atomic E-state index is -0.661. The predicted octanol–water partition coefficient (Wildman–Crippen LogP) is 1.21. The van der Waals surface area contributed by atoms with Crippen molar-refractivity contribution in [3.63, 3.8) is 0 Å². The summed E-state index contributed by atoms with van der Waals surface area (Å²) in [7, 11) is 1.21. The second-order valence-corrected chi connectivity index (χ2v) is 4.31. The van der Waals surface area contributed by atoms with Crippen LogP contribution in [0.2, 0.25) is 0 Å². The number of pyridine rings is 1. The van der Waals surface area contributed by atoms with Crippen LogP contribution in [-0.2, 0) is 4.74 Å². The Bertz CT molecular complexity index is 492. The van der Waals surface area contributed by atoms with Crippen molar-refractivity contribution in [1.29, 1.82) is 0 Å². The first-order valence-electron chi connectivity index (χ1n) is 6.08. The molecule has 0 aliphatic heterocycles. The summed E-state index contributed by atoms with van der Waals surface area (Å²) in [6, 6.07) is 2.45. The third-order valence-corrected chi connectivity index (χ3v) is 2.71. The molecule has 1 unspecified atom stereocenters. The zero-order valence-corrected chi connectivity index (χ0v) is 11.3. The highest BCUT2D eigenvalue weighted by atomic mass is 16.6. The van der Waals surface area contributed by atoms with E-state index in [1.165, 1.54) is 19.2 Å². The highest BCUT2D eigenvalue weighted by Crippen LogP contribution is 2.22. The molecule has 2 N–H and O–H groups in total. The number of hydrogen-bond donors (Lipinski definition) is 2. The van der Waals surface area contributed by atoms with Gasteiger partial charge in [0.05, 0.1) is 12.0 Å². The van der Waals surface area contributed by atoms with E-state index < -0.39 is 10.9 Å². The monoisotopic (exact) mass is 283 g/mol. The number of aliphatic hydroxyl groups is 1. The molecule has 8 heteroatoms. The van der Waals surface area contributed by atoms with Gasteiger partial charge in [-0.1, -0.05) is 6.92 Å². The van der Waals surface area contributed by atoms with E-state index in [-0.39, 0.29) is 29.7 Å². The molecule has 1 aromatic rings. The maximum absolute atomic E-state index is 11.4. The topological polar surface area (TPSA) is 115 Å². The van der Waals surface area contributed by atoms with Crippen molar-refractivity contribution >= 4 is 17.5 Å². The summed E-state index contributed by atoms with van der Waals surface area (Å²) in [5.41, 5.74) is -0.218. The van der Waals surface area contributed by atoms with Gasteiger partial charge in [-0.05, 0) is 18.4 Å². The van der Waals surface area contributed by atoms with Gasteiger partial charge in [0, 0.05) is 19.2 Å². The third-order valence-electron chi connectivity index (χ3n) is 2.71. The van der Waals surface area contributed by atoms with E-state index in [9.17, 15) is 14.9 Å². The van der Waals surface area contributed by atoms with Gasteiger partial charge >= 0.3 is 11.7 Å². The summed E-state index contributed by atoms with van der Waals surface area (Å²) < 4.78 is 4.52. The second kappa shape index (κ2) is 7.39. The molecule has 0 radical (unpaired) electrons. The van der Waals surface area contributed by atoms with E-state index >= 15 is 0 Å². The lowest BCUT2D eigenvalue weighted by Crippen LogP contribution is -2.16. The molecule has 0 saturated carbocycles. The first kappa shape index (κ1) is 15.8. The zero-order valence-electron chi connectivity index (χ0n) is 11.3. The number of carbonyl (C=O) groups excluding carboxylic acids is 1. The maximum atomic E-state index is 11.4. The van der Waals surface area contributed by atoms with E-state index in [0.29, 0.717) is 13.0 Å². The molecule has 110 valence electrons. The highest BCUT2D eigenvalue weighted by Gasteiger charge is 2.19. The van der Waals surface area contributed by atoms with Gasteiger partial charge in [0.15, 0.2) is 5.69 Å². The first-order chi connectivity index (χ1) is 9.49. The van der Waals surface area contributed by atoms with Gasteiger partial charge in [-0.15, -0.1) is 0 Å². The number of methoxy groups -OCH3 is 1. The Labute approximate surface area is 115 Å². The van der Waals surface area contributed by atoms with Crippen molar-refractivity contribution in [2.24, 2.45) is 5.92 Å².